The van der Waals surface area contributed by atoms with Gasteiger partial charge < -0.3 is 44.8 Å². The fourth-order valence-corrected chi connectivity index (χ4v) is 6.10. The number of Topliss-reactive ketones (excluding diaryl/α,β-unsaturated/α-hetero) is 1. The fraction of sp³-hybridized carbons (Fsp3) is 0.200. The minimum Gasteiger partial charge on any atom is -0.508 e. The second-order valence-corrected chi connectivity index (χ2v) is 10.4. The zero-order valence-electron chi connectivity index (χ0n) is 21.0. The molecule has 7 rings (SSSR count). The molecule has 0 amide bonds. The molecule has 4 aliphatic rings. The lowest BCUT2D eigenvalue weighted by Crippen LogP contribution is -2.67. The summed E-state index contributed by atoms with van der Waals surface area (Å²) in [6.45, 7) is 0. The quantitative estimate of drug-likeness (QED) is 0.272. The Hall–Kier alpha value is -5.00. The minimum absolute atomic E-state index is 0.0247. The summed E-state index contributed by atoms with van der Waals surface area (Å²) >= 11 is 0. The van der Waals surface area contributed by atoms with Gasteiger partial charge in [-0.3, -0.25) is 9.59 Å². The third-order valence-electron chi connectivity index (χ3n) is 7.99. The van der Waals surface area contributed by atoms with Crippen LogP contribution in [0.4, 0.5) is 0 Å². The van der Waals surface area contributed by atoms with Crippen molar-refractivity contribution < 1.29 is 54.4 Å². The topological polar surface area (TPSA) is 183 Å². The summed E-state index contributed by atoms with van der Waals surface area (Å²) in [5.41, 5.74) is -4.81. The molecule has 3 aromatic carbocycles. The third kappa shape index (κ3) is 3.21. The van der Waals surface area contributed by atoms with Crippen molar-refractivity contribution >= 4 is 11.6 Å². The van der Waals surface area contributed by atoms with E-state index < -0.39 is 58.1 Å². The number of ether oxygens (including phenoxy) is 3. The average Bonchev–Trinajstić information content (AvgIpc) is 3.19. The predicted octanol–water partition coefficient (Wildman–Crippen LogP) is 2.57. The van der Waals surface area contributed by atoms with Crippen molar-refractivity contribution in [3.8, 4) is 28.7 Å². The predicted molar refractivity (Wildman–Crippen MR) is 137 cm³/mol. The lowest BCUT2D eigenvalue weighted by molar-refractivity contribution is -0.130. The van der Waals surface area contributed by atoms with Crippen molar-refractivity contribution in [2.24, 2.45) is 0 Å². The molecule has 3 heterocycles. The van der Waals surface area contributed by atoms with E-state index in [2.05, 4.69) is 0 Å². The van der Waals surface area contributed by atoms with E-state index in [0.717, 1.165) is 18.2 Å². The van der Waals surface area contributed by atoms with Crippen LogP contribution < -0.4 is 4.74 Å². The molecule has 0 aromatic heterocycles. The maximum Gasteiger partial charge on any atom is 0.262 e. The van der Waals surface area contributed by atoms with Crippen LogP contribution in [0.3, 0.4) is 0 Å². The molecular formula is C30H22O11. The van der Waals surface area contributed by atoms with Crippen LogP contribution in [0.2, 0.25) is 0 Å². The van der Waals surface area contributed by atoms with Crippen molar-refractivity contribution in [2.45, 2.75) is 35.9 Å². The van der Waals surface area contributed by atoms with Gasteiger partial charge in [0.15, 0.2) is 23.4 Å². The molecule has 1 aliphatic carbocycles. The first-order chi connectivity index (χ1) is 19.5. The molecule has 5 atom stereocenters. The van der Waals surface area contributed by atoms with E-state index in [1.165, 1.54) is 48.5 Å². The molecule has 0 bridgehead atoms. The Kier molecular flexibility index (Phi) is 5.03. The van der Waals surface area contributed by atoms with Gasteiger partial charge in [-0.2, -0.15) is 0 Å². The first-order valence-corrected chi connectivity index (χ1v) is 12.7. The van der Waals surface area contributed by atoms with Crippen LogP contribution in [0.5, 0.6) is 28.7 Å². The zero-order valence-corrected chi connectivity index (χ0v) is 21.0. The molecule has 3 aromatic rings. The number of phenols is 4. The second-order valence-electron chi connectivity index (χ2n) is 10.4. The summed E-state index contributed by atoms with van der Waals surface area (Å²) in [7, 11) is 0. The van der Waals surface area contributed by atoms with Gasteiger partial charge >= 0.3 is 0 Å². The van der Waals surface area contributed by atoms with Gasteiger partial charge in [-0.1, -0.05) is 24.3 Å². The monoisotopic (exact) mass is 558 g/mol. The SMILES string of the molecule is O=C1C=C2O[C@H](c3ccc(O)cc3)[C@@]3(O)C(=O)c4c(O)cc(O)cc4O[C@@]23C2=C1C[C@H](O)[C@@H](c1ccc(O)cc1)O2. The molecule has 11 heteroatoms. The van der Waals surface area contributed by atoms with Crippen molar-refractivity contribution in [3.63, 3.8) is 0 Å². The van der Waals surface area contributed by atoms with E-state index in [9.17, 15) is 40.2 Å². The van der Waals surface area contributed by atoms with Gasteiger partial charge in [-0.15, -0.1) is 0 Å². The Balaban J connectivity index is 1.49. The molecule has 3 aliphatic heterocycles. The molecule has 1 saturated heterocycles. The van der Waals surface area contributed by atoms with Crippen LogP contribution in [-0.4, -0.2) is 59.5 Å². The number of carbonyl (C=O) groups is 2. The van der Waals surface area contributed by atoms with Gasteiger partial charge in [0.2, 0.25) is 11.4 Å². The van der Waals surface area contributed by atoms with Gasteiger partial charge in [0.05, 0.1) is 6.10 Å². The maximum absolute atomic E-state index is 14.3. The van der Waals surface area contributed by atoms with Crippen molar-refractivity contribution in [1.29, 1.82) is 0 Å². The molecule has 0 unspecified atom stereocenters. The number of fused-ring (bicyclic) bond motifs is 1. The number of benzene rings is 3. The number of aliphatic hydroxyl groups is 2. The number of ketones is 2. The van der Waals surface area contributed by atoms with E-state index in [-0.39, 0.29) is 46.3 Å². The number of allylic oxidation sites excluding steroid dienone is 1. The highest BCUT2D eigenvalue weighted by atomic mass is 16.6. The Labute approximate surface area is 231 Å². The Morgan fingerprint density at radius 3 is 2.10 bits per heavy atom. The Morgan fingerprint density at radius 1 is 0.805 bits per heavy atom. The number of aromatic hydroxyl groups is 4. The molecule has 6 N–H and O–H groups in total. The molecule has 41 heavy (non-hydrogen) atoms. The molecular weight excluding hydrogens is 536 g/mol. The second kappa shape index (κ2) is 8.26. The molecule has 0 radical (unpaired) electrons. The smallest absolute Gasteiger partial charge is 0.262 e. The maximum atomic E-state index is 14.3. The highest BCUT2D eigenvalue weighted by Crippen LogP contribution is 2.63. The average molecular weight is 558 g/mol. The van der Waals surface area contributed by atoms with Crippen LogP contribution in [-0.2, 0) is 14.3 Å². The van der Waals surface area contributed by atoms with Crippen LogP contribution in [0.1, 0.15) is 40.1 Å². The number of aliphatic hydroxyl groups excluding tert-OH is 1. The van der Waals surface area contributed by atoms with Crippen LogP contribution in [0, 0.1) is 0 Å². The summed E-state index contributed by atoms with van der Waals surface area (Å²) in [5.74, 6) is -3.65. The summed E-state index contributed by atoms with van der Waals surface area (Å²) in [5, 5.41) is 64.0. The summed E-state index contributed by atoms with van der Waals surface area (Å²) in [6.07, 6.45) is -3.02. The molecule has 1 fully saturated rings. The van der Waals surface area contributed by atoms with Crippen LogP contribution >= 0.6 is 0 Å². The highest BCUT2D eigenvalue weighted by molar-refractivity contribution is 6.13. The normalized spacial score (nSPS) is 29.7. The lowest BCUT2D eigenvalue weighted by Gasteiger charge is -2.48. The highest BCUT2D eigenvalue weighted by Gasteiger charge is 2.78. The first-order valence-electron chi connectivity index (χ1n) is 12.7. The van der Waals surface area contributed by atoms with E-state index >= 15 is 0 Å². The first kappa shape index (κ1) is 25.0. The number of rotatable bonds is 2. The largest absolute Gasteiger partial charge is 0.508 e. The van der Waals surface area contributed by atoms with Gasteiger partial charge in [-0.25, -0.2) is 0 Å². The van der Waals surface area contributed by atoms with Crippen molar-refractivity contribution in [3.05, 3.63) is 101 Å². The number of phenolic OH excluding ortho intramolecular Hbond substituents is 4. The standard InChI is InChI=1S/C30H22O11/c31-15-5-1-13(2-6-15)25-21(36)11-18-19(34)12-23-30(28(18)40-25)29(38,27(39-23)14-3-7-16(32)8-4-14)26(37)24-20(35)9-17(33)10-22(24)41-30/h1-10,12,21,25,27,31-33,35-36,38H,11H2/t21-,25+,27+,29-,30+/m0/s1. The molecule has 208 valence electrons. The zero-order chi connectivity index (χ0) is 28.8. The van der Waals surface area contributed by atoms with Crippen molar-refractivity contribution in [2.75, 3.05) is 0 Å². The summed E-state index contributed by atoms with van der Waals surface area (Å²) in [6, 6.07) is 13.3. The number of hydrogen-bond acceptors (Lipinski definition) is 11. The number of hydrogen-bond donors (Lipinski definition) is 6. The van der Waals surface area contributed by atoms with E-state index in [1.807, 2.05) is 0 Å². The summed E-state index contributed by atoms with van der Waals surface area (Å²) < 4.78 is 18.7. The van der Waals surface area contributed by atoms with Crippen LogP contribution in [0.15, 0.2) is 83.8 Å². The van der Waals surface area contributed by atoms with Gasteiger partial charge in [0, 0.05) is 30.2 Å². The fourth-order valence-electron chi connectivity index (χ4n) is 6.10. The molecule has 1 spiro atoms. The Morgan fingerprint density at radius 2 is 1.44 bits per heavy atom. The van der Waals surface area contributed by atoms with Gasteiger partial charge in [0.1, 0.15) is 40.4 Å². The van der Waals surface area contributed by atoms with Gasteiger partial charge in [0.25, 0.3) is 5.60 Å². The lowest BCUT2D eigenvalue weighted by atomic mass is 9.66. The third-order valence-corrected chi connectivity index (χ3v) is 7.99. The summed E-state index contributed by atoms with van der Waals surface area (Å²) in [4.78, 5) is 27.6. The van der Waals surface area contributed by atoms with E-state index in [0.29, 0.717) is 5.56 Å². The number of carbonyl (C=O) groups excluding carboxylic acids is 2. The Bertz CT molecular complexity index is 1710. The molecule has 0 saturated carbocycles. The minimum atomic E-state index is -2.68. The van der Waals surface area contributed by atoms with E-state index in [4.69, 9.17) is 14.2 Å². The molecule has 11 nitrogen and oxygen atoms in total. The van der Waals surface area contributed by atoms with Crippen LogP contribution in [0.25, 0.3) is 0 Å². The van der Waals surface area contributed by atoms with E-state index in [1.54, 1.807) is 0 Å². The van der Waals surface area contributed by atoms with Gasteiger partial charge in [-0.05, 0) is 35.4 Å². The van der Waals surface area contributed by atoms with Crippen molar-refractivity contribution in [1.82, 2.24) is 0 Å².